The maximum atomic E-state index is 14.6. The van der Waals surface area contributed by atoms with Crippen LogP contribution in [0.1, 0.15) is 31.6 Å². The van der Waals surface area contributed by atoms with E-state index in [1.807, 2.05) is 6.92 Å². The average Bonchev–Trinajstić information content (AvgIpc) is 2.64. The first-order chi connectivity index (χ1) is 13.7. The van der Waals surface area contributed by atoms with E-state index in [0.29, 0.717) is 30.9 Å². The van der Waals surface area contributed by atoms with Crippen LogP contribution in [0.4, 0.5) is 26.3 Å². The van der Waals surface area contributed by atoms with Crippen LogP contribution >= 0.6 is 0 Å². The molecule has 2 aromatic rings. The van der Waals surface area contributed by atoms with Gasteiger partial charge in [-0.05, 0) is 30.2 Å². The molecule has 0 bridgehead atoms. The third-order valence-electron chi connectivity index (χ3n) is 4.46. The number of hydrogen-bond acceptors (Lipinski definition) is 3. The molecule has 2 aromatic carbocycles. The third-order valence-corrected chi connectivity index (χ3v) is 4.46. The summed E-state index contributed by atoms with van der Waals surface area (Å²) in [7, 11) is 0. The van der Waals surface area contributed by atoms with Crippen LogP contribution in [-0.2, 0) is 9.47 Å². The van der Waals surface area contributed by atoms with Gasteiger partial charge in [0, 0.05) is 17.0 Å². The molecule has 0 unspecified atom stereocenters. The third kappa shape index (κ3) is 5.22. The van der Waals surface area contributed by atoms with E-state index in [4.69, 9.17) is 9.47 Å². The molecule has 0 aliphatic carbocycles. The van der Waals surface area contributed by atoms with E-state index in [1.54, 1.807) is 0 Å². The van der Waals surface area contributed by atoms with Gasteiger partial charge in [0.2, 0.25) is 5.75 Å². The molecule has 0 amide bonds. The number of benzene rings is 2. The normalized spacial score (nSPS) is 20.0. The van der Waals surface area contributed by atoms with Crippen LogP contribution in [0, 0.1) is 23.4 Å². The fourth-order valence-electron chi connectivity index (χ4n) is 3.15. The molecule has 1 heterocycles. The van der Waals surface area contributed by atoms with Crippen molar-refractivity contribution in [3.05, 3.63) is 53.3 Å². The summed E-state index contributed by atoms with van der Waals surface area (Å²) < 4.78 is 93.6. The molecule has 0 N–H and O–H groups in total. The molecule has 0 spiro atoms. The van der Waals surface area contributed by atoms with Gasteiger partial charge in [0.05, 0.1) is 13.2 Å². The van der Waals surface area contributed by atoms with E-state index < -0.39 is 35.9 Å². The van der Waals surface area contributed by atoms with Crippen molar-refractivity contribution in [2.24, 2.45) is 5.92 Å². The van der Waals surface area contributed by atoms with Crippen LogP contribution < -0.4 is 4.74 Å². The Bertz CT molecular complexity index is 837. The lowest BCUT2D eigenvalue weighted by molar-refractivity contribution is -0.276. The Morgan fingerprint density at radius 3 is 2.10 bits per heavy atom. The second-order valence-electron chi connectivity index (χ2n) is 6.71. The van der Waals surface area contributed by atoms with Gasteiger partial charge in [-0.3, -0.25) is 0 Å². The van der Waals surface area contributed by atoms with Crippen molar-refractivity contribution in [1.82, 2.24) is 0 Å². The smallest absolute Gasteiger partial charge is 0.399 e. The van der Waals surface area contributed by atoms with Gasteiger partial charge in [0.1, 0.15) is 5.82 Å². The molecular formula is C20H18F6O3. The Balaban J connectivity index is 1.80. The van der Waals surface area contributed by atoms with Gasteiger partial charge in [-0.1, -0.05) is 25.5 Å². The van der Waals surface area contributed by atoms with Crippen LogP contribution in [0.15, 0.2) is 30.3 Å². The van der Waals surface area contributed by atoms with E-state index in [0.717, 1.165) is 18.9 Å². The summed E-state index contributed by atoms with van der Waals surface area (Å²) in [4.78, 5) is 0. The summed E-state index contributed by atoms with van der Waals surface area (Å²) in [6, 6.07) is 4.99. The van der Waals surface area contributed by atoms with Gasteiger partial charge in [0.15, 0.2) is 17.9 Å². The van der Waals surface area contributed by atoms with Crippen molar-refractivity contribution in [2.75, 3.05) is 13.2 Å². The van der Waals surface area contributed by atoms with Gasteiger partial charge in [-0.15, -0.1) is 13.2 Å². The summed E-state index contributed by atoms with van der Waals surface area (Å²) in [5, 5.41) is 0. The zero-order chi connectivity index (χ0) is 21.2. The highest BCUT2D eigenvalue weighted by Crippen LogP contribution is 2.35. The van der Waals surface area contributed by atoms with Crippen molar-refractivity contribution in [3.8, 4) is 16.9 Å². The second-order valence-corrected chi connectivity index (χ2v) is 6.71. The molecule has 1 saturated heterocycles. The van der Waals surface area contributed by atoms with Gasteiger partial charge < -0.3 is 14.2 Å². The Hall–Kier alpha value is -2.26. The molecule has 9 heteroatoms. The molecule has 29 heavy (non-hydrogen) atoms. The Labute approximate surface area is 163 Å². The fraction of sp³-hybridized carbons (Fsp3) is 0.400. The van der Waals surface area contributed by atoms with Crippen molar-refractivity contribution in [2.45, 2.75) is 32.4 Å². The number of hydrogen-bond donors (Lipinski definition) is 0. The minimum absolute atomic E-state index is 0.190. The maximum Gasteiger partial charge on any atom is 0.573 e. The minimum Gasteiger partial charge on any atom is -0.399 e. The topological polar surface area (TPSA) is 27.7 Å². The van der Waals surface area contributed by atoms with Crippen LogP contribution in [-0.4, -0.2) is 19.6 Å². The summed E-state index contributed by atoms with van der Waals surface area (Å²) >= 11 is 0. The standard InChI is InChI=1S/C20H18F6O3/c1-2-3-11-9-27-19(28-10-11)12-4-5-14(15(21)6-12)13-7-16(22)18(17(23)8-13)29-20(24,25)26/h4-8,11,19H,2-3,9-10H2,1H3. The maximum absolute atomic E-state index is 14.6. The van der Waals surface area contributed by atoms with E-state index in [-0.39, 0.29) is 17.0 Å². The summed E-state index contributed by atoms with van der Waals surface area (Å²) in [6.07, 6.45) is -4.08. The Morgan fingerprint density at radius 1 is 0.966 bits per heavy atom. The lowest BCUT2D eigenvalue weighted by Gasteiger charge is -2.29. The van der Waals surface area contributed by atoms with Crippen molar-refractivity contribution in [3.63, 3.8) is 0 Å². The van der Waals surface area contributed by atoms with E-state index in [1.165, 1.54) is 12.1 Å². The lowest BCUT2D eigenvalue weighted by Crippen LogP contribution is -2.27. The van der Waals surface area contributed by atoms with Crippen molar-refractivity contribution in [1.29, 1.82) is 0 Å². The van der Waals surface area contributed by atoms with E-state index in [2.05, 4.69) is 4.74 Å². The quantitative estimate of drug-likeness (QED) is 0.545. The average molecular weight is 420 g/mol. The predicted molar refractivity (Wildman–Crippen MR) is 91.5 cm³/mol. The first kappa shape index (κ1) is 21.4. The zero-order valence-electron chi connectivity index (χ0n) is 15.4. The van der Waals surface area contributed by atoms with Gasteiger partial charge in [0.25, 0.3) is 0 Å². The summed E-state index contributed by atoms with van der Waals surface area (Å²) in [5.74, 6) is -5.34. The molecule has 1 fully saturated rings. The largest absolute Gasteiger partial charge is 0.573 e. The molecule has 1 aliphatic heterocycles. The lowest BCUT2D eigenvalue weighted by atomic mass is 10.0. The fourth-order valence-corrected chi connectivity index (χ4v) is 3.15. The molecule has 0 saturated carbocycles. The minimum atomic E-state index is -5.26. The molecule has 3 nitrogen and oxygen atoms in total. The van der Waals surface area contributed by atoms with E-state index >= 15 is 0 Å². The van der Waals surface area contributed by atoms with Gasteiger partial charge in [-0.2, -0.15) is 0 Å². The van der Waals surface area contributed by atoms with Crippen LogP contribution in [0.25, 0.3) is 11.1 Å². The highest BCUT2D eigenvalue weighted by Gasteiger charge is 2.34. The van der Waals surface area contributed by atoms with Crippen molar-refractivity contribution < 1.29 is 40.6 Å². The number of ether oxygens (including phenoxy) is 3. The first-order valence-corrected chi connectivity index (χ1v) is 8.95. The number of alkyl halides is 3. The Morgan fingerprint density at radius 2 is 1.59 bits per heavy atom. The number of rotatable bonds is 5. The van der Waals surface area contributed by atoms with Gasteiger partial charge >= 0.3 is 6.36 Å². The SMILES string of the molecule is CCCC1COC(c2ccc(-c3cc(F)c(OC(F)(F)F)c(F)c3)c(F)c2)OC1. The van der Waals surface area contributed by atoms with Crippen LogP contribution in [0.5, 0.6) is 5.75 Å². The second kappa shape index (κ2) is 8.62. The van der Waals surface area contributed by atoms with Crippen LogP contribution in [0.2, 0.25) is 0 Å². The zero-order valence-corrected chi connectivity index (χ0v) is 15.4. The molecule has 0 radical (unpaired) electrons. The highest BCUT2D eigenvalue weighted by molar-refractivity contribution is 5.66. The molecule has 1 aliphatic rings. The molecular weight excluding hydrogens is 402 g/mol. The summed E-state index contributed by atoms with van der Waals surface area (Å²) in [6.45, 7) is 2.99. The first-order valence-electron chi connectivity index (χ1n) is 8.95. The monoisotopic (exact) mass is 420 g/mol. The van der Waals surface area contributed by atoms with Crippen LogP contribution in [0.3, 0.4) is 0 Å². The predicted octanol–water partition coefficient (Wildman–Crippen LogP) is 6.13. The van der Waals surface area contributed by atoms with Gasteiger partial charge in [-0.25, -0.2) is 13.2 Å². The molecule has 0 atom stereocenters. The van der Waals surface area contributed by atoms with E-state index in [9.17, 15) is 26.3 Å². The Kier molecular flexibility index (Phi) is 6.38. The molecule has 158 valence electrons. The van der Waals surface area contributed by atoms with Crippen molar-refractivity contribution >= 4 is 0 Å². The molecule has 0 aromatic heterocycles. The highest BCUT2D eigenvalue weighted by atomic mass is 19.4. The molecule has 3 rings (SSSR count). The number of halogens is 6. The summed E-state index contributed by atoms with van der Waals surface area (Å²) in [5.41, 5.74) is -0.0731.